The number of hydrogen-bond acceptors (Lipinski definition) is 10. The third-order valence-electron chi connectivity index (χ3n) is 6.02. The van der Waals surface area contributed by atoms with Crippen LogP contribution < -0.4 is 0 Å². The molecule has 1 aliphatic carbocycles. The van der Waals surface area contributed by atoms with E-state index in [0.717, 1.165) is 0 Å². The third kappa shape index (κ3) is 6.55. The van der Waals surface area contributed by atoms with Crippen molar-refractivity contribution in [1.82, 2.24) is 40.0 Å². The SMILES string of the molecule is CC1(C)OCC(Cn2nnn(CC3COC(C)(C)O3)c2=S)O1.S=c1nn[nH]n1C1CCCCC1. The second kappa shape index (κ2) is 10.6. The Kier molecular flexibility index (Phi) is 7.94. The highest BCUT2D eigenvalue weighted by Gasteiger charge is 2.35. The van der Waals surface area contributed by atoms with Crippen LogP contribution in [-0.2, 0) is 32.0 Å². The van der Waals surface area contributed by atoms with E-state index in [0.29, 0.717) is 41.9 Å². The van der Waals surface area contributed by atoms with E-state index in [9.17, 15) is 0 Å². The summed E-state index contributed by atoms with van der Waals surface area (Å²) in [4.78, 5) is 0. The molecule has 2 saturated heterocycles. The first-order chi connectivity index (χ1) is 16.1. The first-order valence-corrected chi connectivity index (χ1v) is 12.6. The van der Waals surface area contributed by atoms with Crippen LogP contribution >= 0.6 is 24.4 Å². The molecule has 2 aromatic heterocycles. The molecule has 0 amide bonds. The summed E-state index contributed by atoms with van der Waals surface area (Å²) < 4.78 is 29.0. The van der Waals surface area contributed by atoms with Gasteiger partial charge in [0.25, 0.3) is 0 Å². The Bertz CT molecular complexity index is 1010. The van der Waals surface area contributed by atoms with E-state index in [1.165, 1.54) is 32.1 Å². The molecule has 5 rings (SSSR count). The maximum Gasteiger partial charge on any atom is 0.238 e. The number of aromatic nitrogens is 8. The first kappa shape index (κ1) is 25.5. The molecule has 14 heteroatoms. The summed E-state index contributed by atoms with van der Waals surface area (Å²) in [5, 5.41) is 18.5. The van der Waals surface area contributed by atoms with Crippen LogP contribution in [-0.4, -0.2) is 77.0 Å². The van der Waals surface area contributed by atoms with Gasteiger partial charge in [-0.2, -0.15) is 5.21 Å². The fourth-order valence-electron chi connectivity index (χ4n) is 4.41. The second-order valence-electron chi connectivity index (χ2n) is 9.77. The normalized spacial score (nSPS) is 26.4. The number of tetrazole rings is 2. The molecule has 12 nitrogen and oxygen atoms in total. The van der Waals surface area contributed by atoms with Crippen LogP contribution in [0.4, 0.5) is 0 Å². The van der Waals surface area contributed by atoms with Gasteiger partial charge in [0.1, 0.15) is 12.2 Å². The van der Waals surface area contributed by atoms with Crippen LogP contribution in [0.1, 0.15) is 65.8 Å². The average Bonchev–Trinajstić information content (AvgIpc) is 3.54. The third-order valence-corrected chi connectivity index (χ3v) is 6.72. The van der Waals surface area contributed by atoms with E-state index >= 15 is 0 Å². The van der Waals surface area contributed by atoms with E-state index in [4.69, 9.17) is 43.4 Å². The quantitative estimate of drug-likeness (QED) is 0.596. The van der Waals surface area contributed by atoms with E-state index in [1.807, 2.05) is 32.4 Å². The highest BCUT2D eigenvalue weighted by atomic mass is 32.1. The molecule has 2 aromatic rings. The fourth-order valence-corrected chi connectivity index (χ4v) is 4.86. The Morgan fingerprint density at radius 1 is 0.882 bits per heavy atom. The van der Waals surface area contributed by atoms with Gasteiger partial charge < -0.3 is 18.9 Å². The number of nitrogens with zero attached hydrogens (tertiary/aromatic N) is 7. The molecule has 2 atom stereocenters. The van der Waals surface area contributed by atoms with Crippen LogP contribution in [0, 0.1) is 9.54 Å². The Morgan fingerprint density at radius 3 is 1.82 bits per heavy atom. The van der Waals surface area contributed by atoms with Crippen molar-refractivity contribution in [1.29, 1.82) is 0 Å². The van der Waals surface area contributed by atoms with Crippen molar-refractivity contribution in [2.24, 2.45) is 0 Å². The Morgan fingerprint density at radius 2 is 1.41 bits per heavy atom. The van der Waals surface area contributed by atoms with E-state index in [1.54, 1.807) is 9.36 Å². The molecule has 2 aliphatic heterocycles. The van der Waals surface area contributed by atoms with Gasteiger partial charge >= 0.3 is 0 Å². The minimum atomic E-state index is -0.552. The maximum absolute atomic E-state index is 5.77. The molecule has 190 valence electrons. The van der Waals surface area contributed by atoms with Gasteiger partial charge in [0, 0.05) is 0 Å². The topological polar surface area (TPSA) is 119 Å². The van der Waals surface area contributed by atoms with Gasteiger partial charge in [-0.3, -0.25) is 0 Å². The summed E-state index contributed by atoms with van der Waals surface area (Å²) in [6, 6.07) is 0.515. The number of hydrogen-bond donors (Lipinski definition) is 1. The van der Waals surface area contributed by atoms with Gasteiger partial charge in [-0.25, -0.2) is 14.0 Å². The molecule has 1 N–H and O–H groups in total. The van der Waals surface area contributed by atoms with Crippen LogP contribution in [0.25, 0.3) is 0 Å². The molecule has 0 bridgehead atoms. The smallest absolute Gasteiger partial charge is 0.238 e. The standard InChI is InChI=1S/C13H22N4O4S.C7H12N4S/c1-12(2)18-7-9(20-12)5-16-11(22)17(15-14-16)6-10-8-19-13(3,4)21-10;12-7-8-9-10-11(7)6-4-2-1-3-5-6/h9-10H,5-8H2,1-4H3;6H,1-5H2,(H,8,10,12). The zero-order valence-electron chi connectivity index (χ0n) is 20.2. The molecule has 1 saturated carbocycles. The molecule has 0 aromatic carbocycles. The summed E-state index contributed by atoms with van der Waals surface area (Å²) in [6.45, 7) is 9.66. The largest absolute Gasteiger partial charge is 0.348 e. The van der Waals surface area contributed by atoms with Crippen molar-refractivity contribution in [3.63, 3.8) is 0 Å². The van der Waals surface area contributed by atoms with Crippen molar-refractivity contribution in [3.8, 4) is 0 Å². The number of ether oxygens (including phenoxy) is 4. The second-order valence-corrected chi connectivity index (χ2v) is 10.5. The van der Waals surface area contributed by atoms with Crippen molar-refractivity contribution in [3.05, 3.63) is 9.54 Å². The lowest BCUT2D eigenvalue weighted by molar-refractivity contribution is -0.140. The molecule has 0 spiro atoms. The molecule has 2 unspecified atom stereocenters. The Balaban J connectivity index is 0.000000192. The lowest BCUT2D eigenvalue weighted by Gasteiger charge is -2.21. The van der Waals surface area contributed by atoms with Crippen LogP contribution in [0.5, 0.6) is 0 Å². The van der Waals surface area contributed by atoms with E-state index in [2.05, 4.69) is 26.0 Å². The predicted octanol–water partition coefficient (Wildman–Crippen LogP) is 2.95. The van der Waals surface area contributed by atoms with Crippen LogP contribution in [0.15, 0.2) is 0 Å². The van der Waals surface area contributed by atoms with Gasteiger partial charge in [0.05, 0.1) is 32.3 Å². The fraction of sp³-hybridized carbons (Fsp3) is 0.900. The molecule has 34 heavy (non-hydrogen) atoms. The summed E-state index contributed by atoms with van der Waals surface area (Å²) in [6.07, 6.45) is 6.22. The van der Waals surface area contributed by atoms with Gasteiger partial charge in [-0.05, 0) is 75.4 Å². The maximum atomic E-state index is 5.77. The highest BCUT2D eigenvalue weighted by molar-refractivity contribution is 7.71. The zero-order valence-corrected chi connectivity index (χ0v) is 21.8. The van der Waals surface area contributed by atoms with E-state index in [-0.39, 0.29) is 12.2 Å². The summed E-state index contributed by atoms with van der Waals surface area (Å²) in [5.74, 6) is -1.10. The van der Waals surface area contributed by atoms with Crippen molar-refractivity contribution < 1.29 is 18.9 Å². The lowest BCUT2D eigenvalue weighted by Crippen LogP contribution is -2.25. The van der Waals surface area contributed by atoms with Crippen molar-refractivity contribution >= 4 is 24.4 Å². The summed E-state index contributed by atoms with van der Waals surface area (Å²) in [5.41, 5.74) is 0. The summed E-state index contributed by atoms with van der Waals surface area (Å²) in [7, 11) is 0. The molecular formula is C20H34N8O4S2. The van der Waals surface area contributed by atoms with Crippen LogP contribution in [0.2, 0.25) is 0 Å². The van der Waals surface area contributed by atoms with Crippen LogP contribution in [0.3, 0.4) is 0 Å². The predicted molar refractivity (Wildman–Crippen MR) is 126 cm³/mol. The minimum absolute atomic E-state index is 0.0724. The first-order valence-electron chi connectivity index (χ1n) is 11.8. The van der Waals surface area contributed by atoms with Crippen molar-refractivity contribution in [2.75, 3.05) is 13.2 Å². The lowest BCUT2D eigenvalue weighted by atomic mass is 9.96. The van der Waals surface area contributed by atoms with Gasteiger partial charge in [0.2, 0.25) is 9.54 Å². The molecule has 0 radical (unpaired) electrons. The Labute approximate surface area is 208 Å². The minimum Gasteiger partial charge on any atom is -0.348 e. The Hall–Kier alpha value is -1.58. The number of nitrogens with one attached hydrogen (secondary N) is 1. The number of aromatic amines is 1. The summed E-state index contributed by atoms with van der Waals surface area (Å²) >= 11 is 10.4. The van der Waals surface area contributed by atoms with E-state index < -0.39 is 11.6 Å². The van der Waals surface area contributed by atoms with Crippen molar-refractivity contribution in [2.45, 2.75) is 103 Å². The number of rotatable bonds is 5. The molecule has 4 heterocycles. The highest BCUT2D eigenvalue weighted by Crippen LogP contribution is 2.27. The average molecular weight is 515 g/mol. The molecule has 3 aliphatic rings. The molecular weight excluding hydrogens is 480 g/mol. The molecule has 3 fully saturated rings. The van der Waals surface area contributed by atoms with Gasteiger partial charge in [-0.15, -0.1) is 0 Å². The van der Waals surface area contributed by atoms with Gasteiger partial charge in [0.15, 0.2) is 11.6 Å². The monoisotopic (exact) mass is 514 g/mol. The zero-order chi connectivity index (χ0) is 24.3. The number of H-pyrrole nitrogens is 1. The van der Waals surface area contributed by atoms with Gasteiger partial charge in [-0.1, -0.05) is 29.6 Å².